The second-order valence-corrected chi connectivity index (χ2v) is 9.77. The SMILES string of the molecule is CC(C)(C)S(=O)CCS(=O)(=O)c1cccc(CN)c1. The van der Waals surface area contributed by atoms with Crippen molar-refractivity contribution < 1.29 is 12.6 Å². The topological polar surface area (TPSA) is 77.2 Å². The summed E-state index contributed by atoms with van der Waals surface area (Å²) in [7, 11) is -4.57. The molecule has 108 valence electrons. The van der Waals surface area contributed by atoms with Crippen molar-refractivity contribution in [3.05, 3.63) is 29.8 Å². The maximum Gasteiger partial charge on any atom is 0.179 e. The van der Waals surface area contributed by atoms with E-state index in [0.717, 1.165) is 5.56 Å². The van der Waals surface area contributed by atoms with E-state index in [1.807, 2.05) is 20.8 Å². The monoisotopic (exact) mass is 303 g/mol. The molecule has 0 fully saturated rings. The highest BCUT2D eigenvalue weighted by molar-refractivity contribution is 7.93. The molecule has 0 radical (unpaired) electrons. The lowest BCUT2D eigenvalue weighted by Crippen LogP contribution is -2.27. The Morgan fingerprint density at radius 1 is 1.26 bits per heavy atom. The molecule has 0 heterocycles. The molecule has 1 aromatic rings. The van der Waals surface area contributed by atoms with E-state index in [2.05, 4.69) is 0 Å². The van der Waals surface area contributed by atoms with E-state index in [1.54, 1.807) is 24.3 Å². The van der Waals surface area contributed by atoms with E-state index in [0.29, 0.717) is 6.54 Å². The summed E-state index contributed by atoms with van der Waals surface area (Å²) in [4.78, 5) is 0.251. The molecule has 1 aromatic carbocycles. The third kappa shape index (κ3) is 4.71. The summed E-state index contributed by atoms with van der Waals surface area (Å²) in [6.07, 6.45) is 0. The van der Waals surface area contributed by atoms with Crippen LogP contribution < -0.4 is 5.73 Å². The van der Waals surface area contributed by atoms with Crippen molar-refractivity contribution in [1.29, 1.82) is 0 Å². The molecule has 0 bridgehead atoms. The predicted octanol–water partition coefficient (Wildman–Crippen LogP) is 1.47. The van der Waals surface area contributed by atoms with Gasteiger partial charge in [0.2, 0.25) is 0 Å². The van der Waals surface area contributed by atoms with Gasteiger partial charge in [-0.3, -0.25) is 4.21 Å². The first-order valence-electron chi connectivity index (χ1n) is 6.07. The number of nitrogens with two attached hydrogens (primary N) is 1. The van der Waals surface area contributed by atoms with Crippen LogP contribution in [0.3, 0.4) is 0 Å². The molecule has 0 aromatic heterocycles. The van der Waals surface area contributed by atoms with Gasteiger partial charge >= 0.3 is 0 Å². The molecule has 0 aliphatic carbocycles. The number of sulfone groups is 1. The van der Waals surface area contributed by atoms with Crippen LogP contribution in [0.5, 0.6) is 0 Å². The van der Waals surface area contributed by atoms with Crippen LogP contribution in [-0.2, 0) is 27.2 Å². The van der Waals surface area contributed by atoms with Crippen LogP contribution in [0.2, 0.25) is 0 Å². The van der Waals surface area contributed by atoms with Crippen LogP contribution in [0.15, 0.2) is 29.2 Å². The van der Waals surface area contributed by atoms with Gasteiger partial charge in [-0.25, -0.2) is 8.42 Å². The van der Waals surface area contributed by atoms with Gasteiger partial charge in [0.25, 0.3) is 0 Å². The smallest absolute Gasteiger partial charge is 0.179 e. The summed E-state index contributed by atoms with van der Waals surface area (Å²) in [6, 6.07) is 6.59. The molecule has 1 rings (SSSR count). The van der Waals surface area contributed by atoms with Crippen molar-refractivity contribution in [2.75, 3.05) is 11.5 Å². The van der Waals surface area contributed by atoms with Crippen LogP contribution in [0.4, 0.5) is 0 Å². The van der Waals surface area contributed by atoms with Gasteiger partial charge in [0.05, 0.1) is 10.6 Å². The number of hydrogen-bond acceptors (Lipinski definition) is 4. The maximum absolute atomic E-state index is 12.2. The van der Waals surface area contributed by atoms with Crippen LogP contribution in [-0.4, -0.2) is 28.9 Å². The second kappa shape index (κ2) is 6.15. The van der Waals surface area contributed by atoms with Crippen LogP contribution in [0, 0.1) is 0 Å². The number of rotatable bonds is 5. The Kier molecular flexibility index (Phi) is 5.29. The molecular formula is C13H21NO3S2. The highest BCUT2D eigenvalue weighted by atomic mass is 32.2. The van der Waals surface area contributed by atoms with Crippen molar-refractivity contribution in [3.8, 4) is 0 Å². The van der Waals surface area contributed by atoms with Crippen molar-refractivity contribution in [2.45, 2.75) is 37.0 Å². The van der Waals surface area contributed by atoms with Gasteiger partial charge in [-0.15, -0.1) is 0 Å². The molecule has 2 N–H and O–H groups in total. The lowest BCUT2D eigenvalue weighted by molar-refractivity contribution is 0.596. The molecule has 6 heteroatoms. The van der Waals surface area contributed by atoms with Gasteiger partial charge in [-0.05, 0) is 38.5 Å². The highest BCUT2D eigenvalue weighted by Gasteiger charge is 2.23. The highest BCUT2D eigenvalue weighted by Crippen LogP contribution is 2.16. The first-order valence-corrected chi connectivity index (χ1v) is 9.04. The summed E-state index contributed by atoms with van der Waals surface area (Å²) in [5, 5.41) is 0. The first kappa shape index (κ1) is 16.3. The Morgan fingerprint density at radius 3 is 2.42 bits per heavy atom. The maximum atomic E-state index is 12.2. The zero-order valence-electron chi connectivity index (χ0n) is 11.5. The Balaban J connectivity index is 2.84. The average Bonchev–Trinajstić information content (AvgIpc) is 2.35. The Labute approximate surface area is 117 Å². The summed E-state index contributed by atoms with van der Waals surface area (Å²) in [5.74, 6) is 0.0452. The van der Waals surface area contributed by atoms with Crippen molar-refractivity contribution in [3.63, 3.8) is 0 Å². The number of hydrogen-bond donors (Lipinski definition) is 1. The minimum absolute atomic E-state index is 0.106. The molecule has 0 amide bonds. The van der Waals surface area contributed by atoms with E-state index in [4.69, 9.17) is 5.73 Å². The van der Waals surface area contributed by atoms with Crippen molar-refractivity contribution in [1.82, 2.24) is 0 Å². The minimum Gasteiger partial charge on any atom is -0.326 e. The Hall–Kier alpha value is -0.720. The molecule has 0 saturated heterocycles. The number of benzene rings is 1. The standard InChI is InChI=1S/C13H21NO3S2/c1-13(2,3)18(15)7-8-19(16,17)12-6-4-5-11(9-12)10-14/h4-6,9H,7-8,10,14H2,1-3H3. The van der Waals surface area contributed by atoms with Crippen LogP contribution in [0.25, 0.3) is 0 Å². The fourth-order valence-corrected chi connectivity index (χ4v) is 4.42. The van der Waals surface area contributed by atoms with E-state index in [9.17, 15) is 12.6 Å². The van der Waals surface area contributed by atoms with E-state index in [1.165, 1.54) is 0 Å². The zero-order chi connectivity index (χ0) is 14.7. The van der Waals surface area contributed by atoms with Gasteiger partial charge in [0.15, 0.2) is 9.84 Å². The Bertz CT molecular complexity index is 559. The fraction of sp³-hybridized carbons (Fsp3) is 0.538. The molecule has 19 heavy (non-hydrogen) atoms. The van der Waals surface area contributed by atoms with Crippen molar-refractivity contribution >= 4 is 20.6 Å². The molecule has 0 aliphatic rings. The zero-order valence-corrected chi connectivity index (χ0v) is 13.2. The molecule has 1 unspecified atom stereocenters. The second-order valence-electron chi connectivity index (χ2n) is 5.33. The molecule has 0 saturated carbocycles. The molecule has 0 spiro atoms. The largest absolute Gasteiger partial charge is 0.326 e. The van der Waals surface area contributed by atoms with E-state index >= 15 is 0 Å². The molecular weight excluding hydrogens is 282 g/mol. The van der Waals surface area contributed by atoms with Crippen LogP contribution >= 0.6 is 0 Å². The quantitative estimate of drug-likeness (QED) is 0.893. The third-order valence-corrected chi connectivity index (χ3v) is 6.63. The van der Waals surface area contributed by atoms with Gasteiger partial charge in [-0.1, -0.05) is 12.1 Å². The van der Waals surface area contributed by atoms with Gasteiger partial charge < -0.3 is 5.73 Å². The summed E-state index contributed by atoms with van der Waals surface area (Å²) in [6.45, 7) is 5.82. The van der Waals surface area contributed by atoms with E-state index in [-0.39, 0.29) is 16.4 Å². The Morgan fingerprint density at radius 2 is 1.89 bits per heavy atom. The summed E-state index contributed by atoms with van der Waals surface area (Å²) < 4.78 is 35.8. The summed E-state index contributed by atoms with van der Waals surface area (Å²) >= 11 is 0. The molecule has 4 nitrogen and oxygen atoms in total. The lowest BCUT2D eigenvalue weighted by atomic mass is 10.2. The lowest BCUT2D eigenvalue weighted by Gasteiger charge is -2.17. The van der Waals surface area contributed by atoms with Crippen molar-refractivity contribution in [2.24, 2.45) is 5.73 Å². The molecule has 1 atom stereocenters. The molecule has 0 aliphatic heterocycles. The third-order valence-electron chi connectivity index (χ3n) is 2.71. The average molecular weight is 303 g/mol. The fourth-order valence-electron chi connectivity index (χ4n) is 1.48. The van der Waals surface area contributed by atoms with Gasteiger partial charge in [-0.2, -0.15) is 0 Å². The summed E-state index contributed by atoms with van der Waals surface area (Å²) in [5.41, 5.74) is 6.27. The first-order chi connectivity index (χ1) is 8.66. The predicted molar refractivity (Wildman–Crippen MR) is 79.1 cm³/mol. The minimum atomic E-state index is -3.40. The van der Waals surface area contributed by atoms with E-state index < -0.39 is 25.4 Å². The van der Waals surface area contributed by atoms with Crippen LogP contribution in [0.1, 0.15) is 26.3 Å². The van der Waals surface area contributed by atoms with Gasteiger partial charge in [0.1, 0.15) is 0 Å². The normalized spacial score (nSPS) is 14.3. The van der Waals surface area contributed by atoms with Gasteiger partial charge in [0, 0.05) is 27.8 Å².